The number of hydrogen-bond acceptors (Lipinski definition) is 1. The minimum atomic E-state index is 1.04. The SMILES string of the molecule is Cc1cccnc1-c1cccc(-n2c3ccccc3c3ccccc32)c1. The molecule has 0 saturated carbocycles. The monoisotopic (exact) mass is 334 g/mol. The lowest BCUT2D eigenvalue weighted by Gasteiger charge is -2.11. The van der Waals surface area contributed by atoms with Crippen LogP contribution in [0, 0.1) is 6.92 Å². The summed E-state index contributed by atoms with van der Waals surface area (Å²) in [4.78, 5) is 4.59. The van der Waals surface area contributed by atoms with Crippen molar-refractivity contribution in [1.82, 2.24) is 9.55 Å². The number of aryl methyl sites for hydroxylation is 1. The highest BCUT2D eigenvalue weighted by Gasteiger charge is 2.12. The smallest absolute Gasteiger partial charge is 0.0731 e. The Morgan fingerprint density at radius 2 is 1.38 bits per heavy atom. The van der Waals surface area contributed by atoms with Crippen LogP contribution in [0.3, 0.4) is 0 Å². The third kappa shape index (κ3) is 2.23. The highest BCUT2D eigenvalue weighted by molar-refractivity contribution is 6.09. The van der Waals surface area contributed by atoms with Crippen molar-refractivity contribution in [2.75, 3.05) is 0 Å². The average Bonchev–Trinajstić information content (AvgIpc) is 3.03. The molecule has 0 unspecified atom stereocenters. The number of hydrogen-bond donors (Lipinski definition) is 0. The number of para-hydroxylation sites is 2. The molecule has 0 aliphatic rings. The molecule has 0 aliphatic heterocycles. The molecule has 0 saturated heterocycles. The lowest BCUT2D eigenvalue weighted by atomic mass is 10.1. The van der Waals surface area contributed by atoms with Gasteiger partial charge in [-0.25, -0.2) is 0 Å². The normalized spacial score (nSPS) is 11.3. The maximum Gasteiger partial charge on any atom is 0.0731 e. The number of benzene rings is 3. The van der Waals surface area contributed by atoms with Gasteiger partial charge in [-0.15, -0.1) is 0 Å². The number of aromatic nitrogens is 2. The van der Waals surface area contributed by atoms with Crippen molar-refractivity contribution < 1.29 is 0 Å². The Bertz CT molecular complexity index is 1190. The van der Waals surface area contributed by atoms with Crippen LogP contribution in [-0.4, -0.2) is 9.55 Å². The molecule has 5 aromatic rings. The summed E-state index contributed by atoms with van der Waals surface area (Å²) < 4.78 is 2.34. The van der Waals surface area contributed by atoms with Crippen molar-refractivity contribution >= 4 is 21.8 Å². The van der Waals surface area contributed by atoms with E-state index in [1.807, 2.05) is 12.3 Å². The van der Waals surface area contributed by atoms with E-state index in [1.165, 1.54) is 27.4 Å². The van der Waals surface area contributed by atoms with E-state index in [4.69, 9.17) is 0 Å². The Labute approximate surface area is 152 Å². The molecule has 0 bridgehead atoms. The molecule has 0 amide bonds. The first-order valence-corrected chi connectivity index (χ1v) is 8.83. The van der Waals surface area contributed by atoms with Gasteiger partial charge in [-0.1, -0.05) is 54.6 Å². The molecular formula is C24H18N2. The van der Waals surface area contributed by atoms with Crippen LogP contribution in [0.15, 0.2) is 91.1 Å². The first-order valence-electron chi connectivity index (χ1n) is 8.83. The quantitative estimate of drug-likeness (QED) is 0.378. The molecule has 0 atom stereocenters. The molecule has 5 rings (SSSR count). The van der Waals surface area contributed by atoms with Crippen LogP contribution in [0.25, 0.3) is 38.8 Å². The largest absolute Gasteiger partial charge is 0.309 e. The first kappa shape index (κ1) is 14.9. The number of fused-ring (bicyclic) bond motifs is 3. The Morgan fingerprint density at radius 3 is 2.08 bits per heavy atom. The minimum absolute atomic E-state index is 1.04. The van der Waals surface area contributed by atoms with E-state index in [9.17, 15) is 0 Å². The lowest BCUT2D eigenvalue weighted by molar-refractivity contribution is 1.18. The maximum absolute atomic E-state index is 4.59. The fraction of sp³-hybridized carbons (Fsp3) is 0.0417. The molecule has 2 aromatic heterocycles. The zero-order valence-corrected chi connectivity index (χ0v) is 14.6. The summed E-state index contributed by atoms with van der Waals surface area (Å²) in [5.41, 5.74) is 6.97. The fourth-order valence-electron chi connectivity index (χ4n) is 3.78. The molecule has 3 aromatic carbocycles. The Hall–Kier alpha value is -3.39. The van der Waals surface area contributed by atoms with Crippen LogP contribution in [-0.2, 0) is 0 Å². The van der Waals surface area contributed by atoms with Gasteiger partial charge in [0.2, 0.25) is 0 Å². The van der Waals surface area contributed by atoms with E-state index in [0.717, 1.165) is 16.9 Å². The van der Waals surface area contributed by atoms with Gasteiger partial charge in [0, 0.05) is 28.2 Å². The summed E-state index contributed by atoms with van der Waals surface area (Å²) in [6.45, 7) is 2.11. The van der Waals surface area contributed by atoms with E-state index < -0.39 is 0 Å². The zero-order valence-electron chi connectivity index (χ0n) is 14.6. The molecule has 124 valence electrons. The van der Waals surface area contributed by atoms with Crippen LogP contribution in [0.4, 0.5) is 0 Å². The second kappa shape index (κ2) is 5.85. The van der Waals surface area contributed by atoms with Crippen molar-refractivity contribution in [2.24, 2.45) is 0 Å². The predicted molar refractivity (Wildman–Crippen MR) is 109 cm³/mol. The molecule has 0 aliphatic carbocycles. The predicted octanol–water partition coefficient (Wildman–Crippen LogP) is 6.15. The summed E-state index contributed by atoms with van der Waals surface area (Å²) in [5.74, 6) is 0. The summed E-state index contributed by atoms with van der Waals surface area (Å²) in [7, 11) is 0. The fourth-order valence-corrected chi connectivity index (χ4v) is 3.78. The maximum atomic E-state index is 4.59. The van der Waals surface area contributed by atoms with Crippen LogP contribution in [0.5, 0.6) is 0 Å². The van der Waals surface area contributed by atoms with E-state index in [-0.39, 0.29) is 0 Å². The number of rotatable bonds is 2. The van der Waals surface area contributed by atoms with Crippen molar-refractivity contribution in [2.45, 2.75) is 6.92 Å². The summed E-state index contributed by atoms with van der Waals surface area (Å²) in [5, 5.41) is 2.56. The molecule has 0 fully saturated rings. The highest BCUT2D eigenvalue weighted by Crippen LogP contribution is 2.33. The second-order valence-corrected chi connectivity index (χ2v) is 6.59. The third-order valence-electron chi connectivity index (χ3n) is 4.97. The van der Waals surface area contributed by atoms with Crippen LogP contribution < -0.4 is 0 Å². The van der Waals surface area contributed by atoms with E-state index in [2.05, 4.69) is 95.3 Å². The Morgan fingerprint density at radius 1 is 0.692 bits per heavy atom. The first-order chi connectivity index (χ1) is 12.8. The van der Waals surface area contributed by atoms with Gasteiger partial charge < -0.3 is 4.57 Å². The zero-order chi connectivity index (χ0) is 17.5. The number of nitrogens with zero attached hydrogens (tertiary/aromatic N) is 2. The Balaban J connectivity index is 1.81. The van der Waals surface area contributed by atoms with Crippen molar-refractivity contribution in [3.05, 3.63) is 96.7 Å². The van der Waals surface area contributed by atoms with Gasteiger partial charge in [0.25, 0.3) is 0 Å². The van der Waals surface area contributed by atoms with Gasteiger partial charge >= 0.3 is 0 Å². The summed E-state index contributed by atoms with van der Waals surface area (Å²) >= 11 is 0. The standard InChI is InChI=1S/C24H18N2/c1-17-8-7-15-25-24(17)18-9-6-10-19(16-18)26-22-13-4-2-11-20(22)21-12-3-5-14-23(21)26/h2-16H,1H3. The lowest BCUT2D eigenvalue weighted by Crippen LogP contribution is -1.95. The van der Waals surface area contributed by atoms with Gasteiger partial charge in [0.1, 0.15) is 0 Å². The summed E-state index contributed by atoms with van der Waals surface area (Å²) in [6, 6.07) is 29.9. The second-order valence-electron chi connectivity index (χ2n) is 6.59. The van der Waals surface area contributed by atoms with Crippen molar-refractivity contribution in [3.63, 3.8) is 0 Å². The van der Waals surface area contributed by atoms with Gasteiger partial charge in [-0.2, -0.15) is 0 Å². The highest BCUT2D eigenvalue weighted by atomic mass is 15.0. The van der Waals surface area contributed by atoms with E-state index in [0.29, 0.717) is 0 Å². The van der Waals surface area contributed by atoms with Crippen LogP contribution >= 0.6 is 0 Å². The van der Waals surface area contributed by atoms with Gasteiger partial charge in [0.05, 0.1) is 16.7 Å². The third-order valence-corrected chi connectivity index (χ3v) is 4.97. The molecule has 0 spiro atoms. The van der Waals surface area contributed by atoms with Crippen molar-refractivity contribution in [1.29, 1.82) is 0 Å². The van der Waals surface area contributed by atoms with E-state index in [1.54, 1.807) is 0 Å². The van der Waals surface area contributed by atoms with Crippen LogP contribution in [0.2, 0.25) is 0 Å². The molecule has 2 heterocycles. The topological polar surface area (TPSA) is 17.8 Å². The van der Waals surface area contributed by atoms with Gasteiger partial charge in [0.15, 0.2) is 0 Å². The average molecular weight is 334 g/mol. The molecule has 26 heavy (non-hydrogen) atoms. The molecule has 2 nitrogen and oxygen atoms in total. The minimum Gasteiger partial charge on any atom is -0.309 e. The van der Waals surface area contributed by atoms with Gasteiger partial charge in [-0.05, 0) is 42.8 Å². The van der Waals surface area contributed by atoms with E-state index >= 15 is 0 Å². The summed E-state index contributed by atoms with van der Waals surface area (Å²) in [6.07, 6.45) is 1.86. The van der Waals surface area contributed by atoms with Crippen LogP contribution in [0.1, 0.15) is 5.56 Å². The molecule has 2 heteroatoms. The van der Waals surface area contributed by atoms with Crippen molar-refractivity contribution in [3.8, 4) is 16.9 Å². The Kier molecular flexibility index (Phi) is 3.36. The molecular weight excluding hydrogens is 316 g/mol. The molecule has 0 radical (unpaired) electrons. The molecule has 0 N–H and O–H groups in total. The number of pyridine rings is 1. The van der Waals surface area contributed by atoms with Gasteiger partial charge in [-0.3, -0.25) is 4.98 Å².